The zero-order valence-electron chi connectivity index (χ0n) is 17.1. The molecule has 2 aromatic rings. The number of unbranched alkanes of at least 4 members (excludes halogenated alkanes) is 3. The van der Waals surface area contributed by atoms with Crippen molar-refractivity contribution in [3.63, 3.8) is 0 Å². The van der Waals surface area contributed by atoms with E-state index in [2.05, 4.69) is 6.92 Å². The molecule has 156 valence electrons. The molecule has 0 amide bonds. The fourth-order valence-electron chi connectivity index (χ4n) is 3.08. The van der Waals surface area contributed by atoms with Gasteiger partial charge in [0, 0.05) is 6.07 Å². The van der Waals surface area contributed by atoms with Crippen molar-refractivity contribution in [2.24, 2.45) is 0 Å². The van der Waals surface area contributed by atoms with E-state index in [4.69, 9.17) is 14.2 Å². The topological polar surface area (TPSA) is 87.9 Å². The molecule has 29 heavy (non-hydrogen) atoms. The maximum Gasteiger partial charge on any atom is 0.338 e. The van der Waals surface area contributed by atoms with Crippen LogP contribution < -0.4 is 9.47 Å². The van der Waals surface area contributed by atoms with E-state index in [1.54, 1.807) is 12.1 Å². The Morgan fingerprint density at radius 1 is 1.00 bits per heavy atom. The van der Waals surface area contributed by atoms with E-state index < -0.39 is 10.9 Å². The van der Waals surface area contributed by atoms with E-state index in [0.29, 0.717) is 11.3 Å². The highest BCUT2D eigenvalue weighted by molar-refractivity contribution is 5.89. The van der Waals surface area contributed by atoms with Gasteiger partial charge < -0.3 is 14.2 Å². The standard InChI is InChI=1S/C22H27NO6/c1-4-5-6-7-8-16-9-11-17(12-10-16)22(24)29-15-18-19(23(25)26)13-14-20(27-2)21(18)28-3/h9-14H,4-8,15H2,1-3H3. The van der Waals surface area contributed by atoms with Gasteiger partial charge in [0.1, 0.15) is 12.2 Å². The molecule has 0 aliphatic rings. The van der Waals surface area contributed by atoms with Gasteiger partial charge in [0.2, 0.25) is 0 Å². The average Bonchev–Trinajstić information content (AvgIpc) is 2.74. The van der Waals surface area contributed by atoms with Crippen molar-refractivity contribution in [3.05, 3.63) is 63.2 Å². The third-order valence-corrected chi connectivity index (χ3v) is 4.68. The van der Waals surface area contributed by atoms with Crippen molar-refractivity contribution in [1.29, 1.82) is 0 Å². The number of ether oxygens (including phenoxy) is 3. The quantitative estimate of drug-likeness (QED) is 0.225. The molecule has 0 aromatic heterocycles. The number of hydrogen-bond donors (Lipinski definition) is 0. The number of hydrogen-bond acceptors (Lipinski definition) is 6. The molecule has 0 aliphatic heterocycles. The van der Waals surface area contributed by atoms with Crippen LogP contribution in [-0.4, -0.2) is 25.1 Å². The molecule has 2 aromatic carbocycles. The van der Waals surface area contributed by atoms with Crippen LogP contribution in [0.1, 0.15) is 54.1 Å². The number of aryl methyl sites for hydroxylation is 1. The molecule has 0 heterocycles. The lowest BCUT2D eigenvalue weighted by Crippen LogP contribution is -2.08. The molecule has 7 nitrogen and oxygen atoms in total. The second kappa shape index (κ2) is 11.0. The van der Waals surface area contributed by atoms with Crippen molar-refractivity contribution in [1.82, 2.24) is 0 Å². The van der Waals surface area contributed by atoms with E-state index in [9.17, 15) is 14.9 Å². The molecule has 0 unspecified atom stereocenters. The molecule has 0 saturated carbocycles. The summed E-state index contributed by atoms with van der Waals surface area (Å²) in [5.74, 6) is -0.0461. The van der Waals surface area contributed by atoms with Crippen LogP contribution in [0.3, 0.4) is 0 Å². The first kappa shape index (κ1) is 22.2. The van der Waals surface area contributed by atoms with E-state index >= 15 is 0 Å². The molecular weight excluding hydrogens is 374 g/mol. The fourth-order valence-corrected chi connectivity index (χ4v) is 3.08. The molecule has 0 saturated heterocycles. The van der Waals surface area contributed by atoms with Crippen LogP contribution in [0.5, 0.6) is 11.5 Å². The van der Waals surface area contributed by atoms with Crippen molar-refractivity contribution in [2.75, 3.05) is 14.2 Å². The van der Waals surface area contributed by atoms with Crippen LogP contribution in [0.25, 0.3) is 0 Å². The highest BCUT2D eigenvalue weighted by Crippen LogP contribution is 2.37. The van der Waals surface area contributed by atoms with Gasteiger partial charge in [0.15, 0.2) is 11.5 Å². The zero-order chi connectivity index (χ0) is 21.2. The number of carbonyl (C=O) groups excluding carboxylic acids is 1. The third kappa shape index (κ3) is 5.94. The van der Waals surface area contributed by atoms with E-state index in [0.717, 1.165) is 12.8 Å². The average molecular weight is 401 g/mol. The Morgan fingerprint density at radius 2 is 1.72 bits per heavy atom. The van der Waals surface area contributed by atoms with Gasteiger partial charge in [-0.3, -0.25) is 10.1 Å². The molecule has 7 heteroatoms. The van der Waals surface area contributed by atoms with Crippen molar-refractivity contribution >= 4 is 11.7 Å². The van der Waals surface area contributed by atoms with Gasteiger partial charge in [-0.05, 0) is 36.6 Å². The lowest BCUT2D eigenvalue weighted by molar-refractivity contribution is -0.385. The number of esters is 1. The van der Waals surface area contributed by atoms with Crippen molar-refractivity contribution in [3.8, 4) is 11.5 Å². The summed E-state index contributed by atoms with van der Waals surface area (Å²) in [4.78, 5) is 23.2. The number of benzene rings is 2. The molecule has 0 aliphatic carbocycles. The van der Waals surface area contributed by atoms with Gasteiger partial charge in [-0.1, -0.05) is 38.3 Å². The Labute approximate surface area is 170 Å². The largest absolute Gasteiger partial charge is 0.493 e. The first-order valence-corrected chi connectivity index (χ1v) is 9.66. The smallest absolute Gasteiger partial charge is 0.338 e. The molecule has 0 bridgehead atoms. The number of methoxy groups -OCH3 is 2. The molecule has 2 rings (SSSR count). The Hall–Kier alpha value is -3.09. The summed E-state index contributed by atoms with van der Waals surface area (Å²) in [6, 6.07) is 10.0. The van der Waals surface area contributed by atoms with E-state index in [-0.39, 0.29) is 23.6 Å². The summed E-state index contributed by atoms with van der Waals surface area (Å²) in [6.07, 6.45) is 5.71. The maximum atomic E-state index is 12.4. The number of nitro groups is 1. The van der Waals surface area contributed by atoms with Gasteiger partial charge in [-0.15, -0.1) is 0 Å². The summed E-state index contributed by atoms with van der Waals surface area (Å²) in [5.41, 5.74) is 1.52. The minimum atomic E-state index is -0.554. The summed E-state index contributed by atoms with van der Waals surface area (Å²) in [5, 5.41) is 11.3. The maximum absolute atomic E-state index is 12.4. The molecule has 0 radical (unpaired) electrons. The third-order valence-electron chi connectivity index (χ3n) is 4.68. The van der Waals surface area contributed by atoms with Crippen LogP contribution in [0.15, 0.2) is 36.4 Å². The predicted molar refractivity (Wildman–Crippen MR) is 110 cm³/mol. The number of nitrogens with zero attached hydrogens (tertiary/aromatic N) is 1. The zero-order valence-corrected chi connectivity index (χ0v) is 17.1. The van der Waals surface area contributed by atoms with Gasteiger partial charge in [-0.2, -0.15) is 0 Å². The monoisotopic (exact) mass is 401 g/mol. The lowest BCUT2D eigenvalue weighted by atomic mass is 10.0. The molecule has 0 N–H and O–H groups in total. The lowest BCUT2D eigenvalue weighted by Gasteiger charge is -2.13. The van der Waals surface area contributed by atoms with Crippen LogP contribution >= 0.6 is 0 Å². The number of nitro benzene ring substituents is 1. The van der Waals surface area contributed by atoms with Crippen LogP contribution in [-0.2, 0) is 17.8 Å². The Morgan fingerprint density at radius 3 is 2.31 bits per heavy atom. The second-order valence-electron chi connectivity index (χ2n) is 6.64. The van der Waals surface area contributed by atoms with E-state index in [1.165, 1.54) is 51.2 Å². The first-order valence-electron chi connectivity index (χ1n) is 9.66. The van der Waals surface area contributed by atoms with Gasteiger partial charge in [0.25, 0.3) is 5.69 Å². The number of carbonyl (C=O) groups is 1. The Bertz CT molecular complexity index is 832. The number of rotatable bonds is 11. The highest BCUT2D eigenvalue weighted by atomic mass is 16.6. The Balaban J connectivity index is 2.07. The minimum Gasteiger partial charge on any atom is -0.493 e. The molecular formula is C22H27NO6. The summed E-state index contributed by atoms with van der Waals surface area (Å²) >= 11 is 0. The van der Waals surface area contributed by atoms with Gasteiger partial charge in [-0.25, -0.2) is 4.79 Å². The molecule has 0 fully saturated rings. The van der Waals surface area contributed by atoms with Crippen molar-refractivity contribution in [2.45, 2.75) is 45.6 Å². The summed E-state index contributed by atoms with van der Waals surface area (Å²) in [7, 11) is 2.81. The van der Waals surface area contributed by atoms with Gasteiger partial charge >= 0.3 is 5.97 Å². The minimum absolute atomic E-state index is 0.151. The van der Waals surface area contributed by atoms with Gasteiger partial charge in [0.05, 0.1) is 24.7 Å². The summed E-state index contributed by atoms with van der Waals surface area (Å²) < 4.78 is 15.7. The normalized spacial score (nSPS) is 10.4. The second-order valence-corrected chi connectivity index (χ2v) is 6.64. The van der Waals surface area contributed by atoms with Crippen molar-refractivity contribution < 1.29 is 23.9 Å². The highest BCUT2D eigenvalue weighted by Gasteiger charge is 2.24. The van der Waals surface area contributed by atoms with Crippen LogP contribution in [0, 0.1) is 10.1 Å². The van der Waals surface area contributed by atoms with Crippen LogP contribution in [0.4, 0.5) is 5.69 Å². The first-order chi connectivity index (χ1) is 14.0. The SMILES string of the molecule is CCCCCCc1ccc(C(=O)OCc2c([N+](=O)[O-])ccc(OC)c2OC)cc1. The predicted octanol–water partition coefficient (Wildman–Crippen LogP) is 5.09. The molecule has 0 spiro atoms. The van der Waals surface area contributed by atoms with E-state index in [1.807, 2.05) is 12.1 Å². The molecule has 0 atom stereocenters. The summed E-state index contributed by atoms with van der Waals surface area (Å²) in [6.45, 7) is 1.88. The fraction of sp³-hybridized carbons (Fsp3) is 0.409. The Kier molecular flexibility index (Phi) is 8.45. The van der Waals surface area contributed by atoms with Crippen LogP contribution in [0.2, 0.25) is 0 Å².